The van der Waals surface area contributed by atoms with Crippen LogP contribution in [0, 0.1) is 0 Å². The van der Waals surface area contributed by atoms with Crippen LogP contribution in [0.5, 0.6) is 0 Å². The van der Waals surface area contributed by atoms with Gasteiger partial charge in [-0.2, -0.15) is 0 Å². The van der Waals surface area contributed by atoms with E-state index in [0.29, 0.717) is 6.04 Å². The molecule has 2 rings (SSSR count). The van der Waals surface area contributed by atoms with E-state index in [4.69, 9.17) is 5.73 Å². The molecule has 1 atom stereocenters. The Bertz CT molecular complexity index is 335. The molecule has 1 aromatic rings. The molecule has 16 heavy (non-hydrogen) atoms. The summed E-state index contributed by atoms with van der Waals surface area (Å²) in [6, 6.07) is 9.10. The third kappa shape index (κ3) is 2.83. The van der Waals surface area contributed by atoms with E-state index in [9.17, 15) is 0 Å². The summed E-state index contributed by atoms with van der Waals surface area (Å²) >= 11 is 0. The maximum absolute atomic E-state index is 6.09. The average molecular weight is 218 g/mol. The van der Waals surface area contributed by atoms with E-state index in [-0.39, 0.29) is 0 Å². The second-order valence-corrected chi connectivity index (χ2v) is 4.80. The molecular weight excluding hydrogens is 196 g/mol. The summed E-state index contributed by atoms with van der Waals surface area (Å²) in [6.45, 7) is 5.48. The van der Waals surface area contributed by atoms with Gasteiger partial charge in [0.15, 0.2) is 0 Å². The Morgan fingerprint density at radius 2 is 2.06 bits per heavy atom. The van der Waals surface area contributed by atoms with Crippen LogP contribution < -0.4 is 5.73 Å². The molecule has 0 fully saturated rings. The maximum atomic E-state index is 6.09. The van der Waals surface area contributed by atoms with Crippen molar-refractivity contribution in [2.75, 3.05) is 13.1 Å². The lowest BCUT2D eigenvalue weighted by Gasteiger charge is -2.30. The molecule has 88 valence electrons. The van der Waals surface area contributed by atoms with Gasteiger partial charge in [-0.05, 0) is 24.0 Å². The fourth-order valence-corrected chi connectivity index (χ4v) is 2.50. The predicted molar refractivity (Wildman–Crippen MR) is 68.3 cm³/mol. The van der Waals surface area contributed by atoms with E-state index in [1.165, 1.54) is 24.0 Å². The number of benzene rings is 1. The number of hydrogen-bond donors (Lipinski definition) is 1. The van der Waals surface area contributed by atoms with Crippen molar-refractivity contribution < 1.29 is 0 Å². The zero-order valence-corrected chi connectivity index (χ0v) is 10.2. The van der Waals surface area contributed by atoms with E-state index >= 15 is 0 Å². The first kappa shape index (κ1) is 11.6. The van der Waals surface area contributed by atoms with Gasteiger partial charge in [0.25, 0.3) is 0 Å². The summed E-state index contributed by atoms with van der Waals surface area (Å²) < 4.78 is 0. The van der Waals surface area contributed by atoms with Gasteiger partial charge >= 0.3 is 0 Å². The lowest BCUT2D eigenvalue weighted by atomic mass is 9.99. The molecule has 1 aromatic carbocycles. The minimum absolute atomic E-state index is 0.343. The molecule has 0 aromatic heterocycles. The SMILES string of the molecule is CCC[C@H](N)CN1CCc2ccccc2C1. The predicted octanol–water partition coefficient (Wildman–Crippen LogP) is 2.17. The molecule has 0 spiro atoms. The Hall–Kier alpha value is -0.860. The van der Waals surface area contributed by atoms with Gasteiger partial charge in [-0.15, -0.1) is 0 Å². The first-order chi connectivity index (χ1) is 7.79. The highest BCUT2D eigenvalue weighted by Crippen LogP contribution is 2.18. The number of hydrogen-bond acceptors (Lipinski definition) is 2. The molecule has 2 nitrogen and oxygen atoms in total. The van der Waals surface area contributed by atoms with Crippen molar-refractivity contribution in [2.24, 2.45) is 5.73 Å². The summed E-state index contributed by atoms with van der Waals surface area (Å²) in [4.78, 5) is 2.49. The molecule has 1 heterocycles. The largest absolute Gasteiger partial charge is 0.327 e. The monoisotopic (exact) mass is 218 g/mol. The molecule has 0 saturated carbocycles. The van der Waals surface area contributed by atoms with Crippen LogP contribution in [0.3, 0.4) is 0 Å². The van der Waals surface area contributed by atoms with E-state index in [1.807, 2.05) is 0 Å². The summed E-state index contributed by atoms with van der Waals surface area (Å²) in [5.41, 5.74) is 9.09. The molecular formula is C14H22N2. The van der Waals surface area contributed by atoms with Gasteiger partial charge in [0.1, 0.15) is 0 Å². The quantitative estimate of drug-likeness (QED) is 0.839. The van der Waals surface area contributed by atoms with Gasteiger partial charge in [0.2, 0.25) is 0 Å². The second kappa shape index (κ2) is 5.46. The van der Waals surface area contributed by atoms with Crippen LogP contribution in [0.1, 0.15) is 30.9 Å². The van der Waals surface area contributed by atoms with Crippen LogP contribution in [-0.2, 0) is 13.0 Å². The van der Waals surface area contributed by atoms with Crippen molar-refractivity contribution in [3.8, 4) is 0 Å². The molecule has 1 aliphatic heterocycles. The fourth-order valence-electron chi connectivity index (χ4n) is 2.50. The van der Waals surface area contributed by atoms with E-state index in [1.54, 1.807) is 0 Å². The summed E-state index contributed by atoms with van der Waals surface area (Å²) in [5, 5.41) is 0. The van der Waals surface area contributed by atoms with Gasteiger partial charge in [-0.3, -0.25) is 4.90 Å². The Morgan fingerprint density at radius 3 is 2.81 bits per heavy atom. The lowest BCUT2D eigenvalue weighted by molar-refractivity contribution is 0.234. The van der Waals surface area contributed by atoms with Crippen molar-refractivity contribution in [3.05, 3.63) is 35.4 Å². The van der Waals surface area contributed by atoms with Crippen LogP contribution in [0.4, 0.5) is 0 Å². The Kier molecular flexibility index (Phi) is 3.97. The van der Waals surface area contributed by atoms with Gasteiger partial charge in [0.05, 0.1) is 0 Å². The van der Waals surface area contributed by atoms with Crippen LogP contribution >= 0.6 is 0 Å². The zero-order chi connectivity index (χ0) is 11.4. The molecule has 0 amide bonds. The van der Waals surface area contributed by atoms with Crippen molar-refractivity contribution in [1.82, 2.24) is 4.90 Å². The number of rotatable bonds is 4. The first-order valence-electron chi connectivity index (χ1n) is 6.34. The molecule has 2 heteroatoms. The molecule has 0 saturated heterocycles. The normalized spacial score (nSPS) is 18.1. The average Bonchev–Trinajstić information content (AvgIpc) is 2.29. The Morgan fingerprint density at radius 1 is 1.31 bits per heavy atom. The molecule has 0 unspecified atom stereocenters. The maximum Gasteiger partial charge on any atom is 0.0237 e. The van der Waals surface area contributed by atoms with Crippen LogP contribution in [-0.4, -0.2) is 24.0 Å². The topological polar surface area (TPSA) is 29.3 Å². The van der Waals surface area contributed by atoms with E-state index in [2.05, 4.69) is 36.1 Å². The molecule has 0 radical (unpaired) electrons. The second-order valence-electron chi connectivity index (χ2n) is 4.80. The fraction of sp³-hybridized carbons (Fsp3) is 0.571. The summed E-state index contributed by atoms with van der Waals surface area (Å²) in [7, 11) is 0. The van der Waals surface area contributed by atoms with E-state index < -0.39 is 0 Å². The number of nitrogens with zero attached hydrogens (tertiary/aromatic N) is 1. The van der Waals surface area contributed by atoms with Crippen LogP contribution in [0.15, 0.2) is 24.3 Å². The molecule has 0 bridgehead atoms. The van der Waals surface area contributed by atoms with Crippen molar-refractivity contribution in [2.45, 2.75) is 38.8 Å². The zero-order valence-electron chi connectivity index (χ0n) is 10.2. The highest BCUT2D eigenvalue weighted by atomic mass is 15.1. The molecule has 1 aliphatic rings. The summed E-state index contributed by atoms with van der Waals surface area (Å²) in [5.74, 6) is 0. The Balaban J connectivity index is 1.92. The highest BCUT2D eigenvalue weighted by molar-refractivity contribution is 5.29. The third-order valence-corrected chi connectivity index (χ3v) is 3.36. The number of fused-ring (bicyclic) bond motifs is 1. The highest BCUT2D eigenvalue weighted by Gasteiger charge is 2.17. The van der Waals surface area contributed by atoms with E-state index in [0.717, 1.165) is 26.1 Å². The first-order valence-corrected chi connectivity index (χ1v) is 6.34. The van der Waals surface area contributed by atoms with Gasteiger partial charge in [-0.25, -0.2) is 0 Å². The number of nitrogens with two attached hydrogens (primary N) is 1. The molecule has 0 aliphatic carbocycles. The minimum atomic E-state index is 0.343. The standard InChI is InChI=1S/C14H22N2/c1-2-5-14(15)11-16-9-8-12-6-3-4-7-13(12)10-16/h3-4,6-7,14H,2,5,8-11,15H2,1H3/t14-/m0/s1. The minimum Gasteiger partial charge on any atom is -0.327 e. The van der Waals surface area contributed by atoms with Gasteiger partial charge in [0, 0.05) is 25.7 Å². The van der Waals surface area contributed by atoms with Crippen LogP contribution in [0.2, 0.25) is 0 Å². The van der Waals surface area contributed by atoms with Crippen molar-refractivity contribution in [1.29, 1.82) is 0 Å². The third-order valence-electron chi connectivity index (χ3n) is 3.36. The van der Waals surface area contributed by atoms with Gasteiger partial charge < -0.3 is 5.73 Å². The van der Waals surface area contributed by atoms with Crippen LogP contribution in [0.25, 0.3) is 0 Å². The summed E-state index contributed by atoms with van der Waals surface area (Å²) in [6.07, 6.45) is 3.50. The lowest BCUT2D eigenvalue weighted by Crippen LogP contribution is -2.40. The molecule has 2 N–H and O–H groups in total. The Labute approximate surface area is 98.4 Å². The smallest absolute Gasteiger partial charge is 0.0237 e. The van der Waals surface area contributed by atoms with Crippen molar-refractivity contribution >= 4 is 0 Å². The van der Waals surface area contributed by atoms with Gasteiger partial charge in [-0.1, -0.05) is 37.6 Å². The van der Waals surface area contributed by atoms with Crippen molar-refractivity contribution in [3.63, 3.8) is 0 Å².